The van der Waals surface area contributed by atoms with E-state index in [0.717, 1.165) is 13.0 Å². The van der Waals surface area contributed by atoms with Crippen LogP contribution >= 0.6 is 0 Å². The molecule has 7 heteroatoms. The first-order valence-corrected chi connectivity index (χ1v) is 6.30. The lowest BCUT2D eigenvalue weighted by Gasteiger charge is -2.16. The Kier molecular flexibility index (Phi) is 4.65. The molecule has 20 heavy (non-hydrogen) atoms. The molecule has 1 fully saturated rings. The number of nitro benzene ring substituents is 1. The molecule has 1 aliphatic heterocycles. The number of hydrogen-bond donors (Lipinski definition) is 1. The Morgan fingerprint density at radius 1 is 1.60 bits per heavy atom. The summed E-state index contributed by atoms with van der Waals surface area (Å²) in [6.07, 6.45) is 1.16. The quantitative estimate of drug-likeness (QED) is 0.353. The van der Waals surface area contributed by atoms with E-state index in [0.29, 0.717) is 6.42 Å². The summed E-state index contributed by atoms with van der Waals surface area (Å²) in [5, 5.41) is 13.5. The number of hydrogen-bond acceptors (Lipinski definition) is 5. The summed E-state index contributed by atoms with van der Waals surface area (Å²) in [5.74, 6) is -0.513. The van der Waals surface area contributed by atoms with Gasteiger partial charge in [0.25, 0.3) is 11.6 Å². The maximum absolute atomic E-state index is 12.1. The average molecular weight is 280 g/mol. The normalized spacial score (nSPS) is 18.4. The number of methoxy groups -OCH3 is 1. The number of ether oxygens (including phenoxy) is 2. The van der Waals surface area contributed by atoms with Crippen molar-refractivity contribution in [2.24, 2.45) is 0 Å². The van der Waals surface area contributed by atoms with Crippen LogP contribution in [0.5, 0.6) is 0 Å². The van der Waals surface area contributed by atoms with Crippen LogP contribution in [-0.2, 0) is 9.47 Å². The zero-order valence-corrected chi connectivity index (χ0v) is 11.1. The first kappa shape index (κ1) is 14.4. The topological polar surface area (TPSA) is 94.0 Å². The van der Waals surface area contributed by atoms with Gasteiger partial charge < -0.3 is 14.8 Å². The second-order valence-corrected chi connectivity index (χ2v) is 4.50. The first-order chi connectivity index (χ1) is 9.61. The van der Waals surface area contributed by atoms with Crippen molar-refractivity contribution in [1.82, 2.24) is 5.32 Å². The van der Waals surface area contributed by atoms with Gasteiger partial charge in [-0.3, -0.25) is 14.9 Å². The molecule has 108 valence electrons. The van der Waals surface area contributed by atoms with Crippen LogP contribution in [0, 0.1) is 10.1 Å². The standard InChI is InChI=1S/C13H16N2O5/c1-19-12(7-6-9-8-20-9)14-13(16)10-4-2-3-5-11(10)15(17)18/h2-5,9,12H,6-8H2,1H3,(H,14,16). The van der Waals surface area contributed by atoms with Crippen molar-refractivity contribution >= 4 is 11.6 Å². The van der Waals surface area contributed by atoms with Gasteiger partial charge in [0, 0.05) is 13.2 Å². The maximum Gasteiger partial charge on any atom is 0.282 e. The molecule has 0 bridgehead atoms. The van der Waals surface area contributed by atoms with Crippen LogP contribution in [0.4, 0.5) is 5.69 Å². The molecule has 1 heterocycles. The third-order valence-electron chi connectivity index (χ3n) is 3.08. The van der Waals surface area contributed by atoms with Gasteiger partial charge in [0.1, 0.15) is 11.8 Å². The van der Waals surface area contributed by atoms with Gasteiger partial charge in [0.05, 0.1) is 17.6 Å². The Labute approximate surface area is 116 Å². The molecular weight excluding hydrogens is 264 g/mol. The minimum Gasteiger partial charge on any atom is -0.373 e. The summed E-state index contributed by atoms with van der Waals surface area (Å²) >= 11 is 0. The zero-order valence-electron chi connectivity index (χ0n) is 11.1. The maximum atomic E-state index is 12.1. The van der Waals surface area contributed by atoms with Crippen LogP contribution in [0.1, 0.15) is 23.2 Å². The molecule has 1 aromatic carbocycles. The molecule has 0 saturated carbocycles. The summed E-state index contributed by atoms with van der Waals surface area (Å²) in [6.45, 7) is 0.745. The molecule has 2 rings (SSSR count). The van der Waals surface area contributed by atoms with Crippen molar-refractivity contribution in [3.8, 4) is 0 Å². The van der Waals surface area contributed by atoms with Crippen LogP contribution in [0.25, 0.3) is 0 Å². The molecule has 2 unspecified atom stereocenters. The fourth-order valence-corrected chi connectivity index (χ4v) is 1.87. The second-order valence-electron chi connectivity index (χ2n) is 4.50. The van der Waals surface area contributed by atoms with E-state index >= 15 is 0 Å². The molecule has 2 atom stereocenters. The van der Waals surface area contributed by atoms with Gasteiger partial charge in [-0.2, -0.15) is 0 Å². The van der Waals surface area contributed by atoms with E-state index < -0.39 is 17.1 Å². The van der Waals surface area contributed by atoms with Gasteiger partial charge >= 0.3 is 0 Å². The van der Waals surface area contributed by atoms with Crippen LogP contribution < -0.4 is 5.32 Å². The highest BCUT2D eigenvalue weighted by Crippen LogP contribution is 2.19. The Hall–Kier alpha value is -1.99. The predicted octanol–water partition coefficient (Wildman–Crippen LogP) is 1.48. The van der Waals surface area contributed by atoms with Crippen LogP contribution in [0.15, 0.2) is 24.3 Å². The largest absolute Gasteiger partial charge is 0.373 e. The molecule has 1 aromatic rings. The monoisotopic (exact) mass is 280 g/mol. The van der Waals surface area contributed by atoms with Crippen molar-refractivity contribution in [3.05, 3.63) is 39.9 Å². The highest BCUT2D eigenvalue weighted by Gasteiger charge is 2.25. The highest BCUT2D eigenvalue weighted by molar-refractivity contribution is 5.98. The first-order valence-electron chi connectivity index (χ1n) is 6.30. The second kappa shape index (κ2) is 6.44. The molecule has 1 aliphatic rings. The number of nitrogens with zero attached hydrogens (tertiary/aromatic N) is 1. The molecular formula is C13H16N2O5. The molecule has 0 radical (unpaired) electrons. The van der Waals surface area contributed by atoms with Crippen LogP contribution in [0.2, 0.25) is 0 Å². The molecule has 0 aromatic heterocycles. The fraction of sp³-hybridized carbons (Fsp3) is 0.462. The predicted molar refractivity (Wildman–Crippen MR) is 70.3 cm³/mol. The van der Waals surface area contributed by atoms with E-state index in [1.165, 1.54) is 25.3 Å². The minimum atomic E-state index is -0.575. The number of nitro groups is 1. The van der Waals surface area contributed by atoms with Gasteiger partial charge in [0.2, 0.25) is 0 Å². The molecule has 0 spiro atoms. The molecule has 7 nitrogen and oxygen atoms in total. The number of nitrogens with one attached hydrogen (secondary N) is 1. The van der Waals surface area contributed by atoms with Crippen LogP contribution in [-0.4, -0.2) is 36.9 Å². The van der Waals surface area contributed by atoms with Crippen molar-refractivity contribution < 1.29 is 19.2 Å². The number of rotatable bonds is 7. The third kappa shape index (κ3) is 3.75. The molecule has 1 saturated heterocycles. The molecule has 1 N–H and O–H groups in total. The average Bonchev–Trinajstić information content (AvgIpc) is 3.27. The fourth-order valence-electron chi connectivity index (χ4n) is 1.87. The lowest BCUT2D eigenvalue weighted by atomic mass is 10.1. The van der Waals surface area contributed by atoms with E-state index in [1.54, 1.807) is 6.07 Å². The van der Waals surface area contributed by atoms with Gasteiger partial charge in [-0.05, 0) is 18.9 Å². The number of benzene rings is 1. The summed E-state index contributed by atoms with van der Waals surface area (Å²) in [4.78, 5) is 22.4. The van der Waals surface area contributed by atoms with Crippen molar-refractivity contribution in [1.29, 1.82) is 0 Å². The summed E-state index contributed by atoms with van der Waals surface area (Å²) in [6, 6.07) is 5.83. The Bertz CT molecular complexity index is 501. The van der Waals surface area contributed by atoms with Gasteiger partial charge in [0.15, 0.2) is 0 Å². The zero-order chi connectivity index (χ0) is 14.5. The van der Waals surface area contributed by atoms with Crippen LogP contribution in [0.3, 0.4) is 0 Å². The van der Waals surface area contributed by atoms with Gasteiger partial charge in [-0.15, -0.1) is 0 Å². The third-order valence-corrected chi connectivity index (χ3v) is 3.08. The molecule has 0 aliphatic carbocycles. The van der Waals surface area contributed by atoms with Crippen molar-refractivity contribution in [2.75, 3.05) is 13.7 Å². The summed E-state index contributed by atoms with van der Waals surface area (Å²) in [5.41, 5.74) is -0.187. The lowest BCUT2D eigenvalue weighted by molar-refractivity contribution is -0.385. The van der Waals surface area contributed by atoms with Gasteiger partial charge in [-0.1, -0.05) is 12.1 Å². The number of para-hydroxylation sites is 1. The SMILES string of the molecule is COC(CCC1CO1)NC(=O)c1ccccc1[N+](=O)[O-]. The van der Waals surface area contributed by atoms with Crippen molar-refractivity contribution in [3.63, 3.8) is 0 Å². The Balaban J connectivity index is 2.00. The number of carbonyl (C=O) groups excluding carboxylic acids is 1. The van der Waals surface area contributed by atoms with E-state index in [2.05, 4.69) is 5.32 Å². The minimum absolute atomic E-state index is 0.0298. The Morgan fingerprint density at radius 3 is 2.90 bits per heavy atom. The van der Waals surface area contributed by atoms with E-state index in [1.807, 2.05) is 0 Å². The van der Waals surface area contributed by atoms with E-state index in [-0.39, 0.29) is 17.4 Å². The van der Waals surface area contributed by atoms with E-state index in [9.17, 15) is 14.9 Å². The summed E-state index contributed by atoms with van der Waals surface area (Å²) < 4.78 is 10.2. The van der Waals surface area contributed by atoms with Gasteiger partial charge in [-0.25, -0.2) is 0 Å². The molecule has 1 amide bonds. The number of epoxide rings is 1. The summed E-state index contributed by atoms with van der Waals surface area (Å²) in [7, 11) is 1.48. The lowest BCUT2D eigenvalue weighted by Crippen LogP contribution is -2.36. The number of amides is 1. The number of carbonyl (C=O) groups is 1. The van der Waals surface area contributed by atoms with Crippen molar-refractivity contribution in [2.45, 2.75) is 25.2 Å². The Morgan fingerprint density at radius 2 is 2.30 bits per heavy atom. The smallest absolute Gasteiger partial charge is 0.282 e. The highest BCUT2D eigenvalue weighted by atomic mass is 16.6. The van der Waals surface area contributed by atoms with E-state index in [4.69, 9.17) is 9.47 Å².